The number of aromatic nitrogens is 1. The lowest BCUT2D eigenvalue weighted by Crippen LogP contribution is -2.19. The molecule has 1 atom stereocenters. The molecule has 1 aromatic carbocycles. The first-order valence-corrected chi connectivity index (χ1v) is 6.10. The molecule has 0 amide bonds. The Morgan fingerprint density at radius 2 is 2.17 bits per heavy atom. The fourth-order valence-corrected chi connectivity index (χ4v) is 1.81. The fourth-order valence-electron chi connectivity index (χ4n) is 1.81. The minimum absolute atomic E-state index is 0.00280. The van der Waals surface area contributed by atoms with Gasteiger partial charge in [-0.15, -0.1) is 0 Å². The summed E-state index contributed by atoms with van der Waals surface area (Å²) in [6.45, 7) is 5.21. The van der Waals surface area contributed by atoms with Gasteiger partial charge >= 0.3 is 0 Å². The summed E-state index contributed by atoms with van der Waals surface area (Å²) < 4.78 is 11.2. The van der Waals surface area contributed by atoms with Crippen molar-refractivity contribution in [3.63, 3.8) is 0 Å². The molecular formula is C14H18N2O2. The average molecular weight is 246 g/mol. The molecule has 4 nitrogen and oxygen atoms in total. The van der Waals surface area contributed by atoms with Gasteiger partial charge in [0.05, 0.1) is 17.8 Å². The maximum atomic E-state index is 5.89. The molecular weight excluding hydrogens is 228 g/mol. The molecule has 1 aromatic heterocycles. The van der Waals surface area contributed by atoms with E-state index < -0.39 is 0 Å². The van der Waals surface area contributed by atoms with Crippen LogP contribution < -0.4 is 10.5 Å². The van der Waals surface area contributed by atoms with E-state index in [1.165, 1.54) is 0 Å². The first-order chi connectivity index (χ1) is 8.72. The molecule has 0 saturated heterocycles. The van der Waals surface area contributed by atoms with E-state index in [-0.39, 0.29) is 6.10 Å². The van der Waals surface area contributed by atoms with E-state index in [1.54, 1.807) is 6.20 Å². The zero-order valence-corrected chi connectivity index (χ0v) is 10.7. The van der Waals surface area contributed by atoms with Crippen molar-refractivity contribution in [3.8, 4) is 5.75 Å². The summed E-state index contributed by atoms with van der Waals surface area (Å²) in [6, 6.07) is 7.53. The van der Waals surface area contributed by atoms with Crippen LogP contribution in [0.5, 0.6) is 5.75 Å². The van der Waals surface area contributed by atoms with Gasteiger partial charge in [0.15, 0.2) is 0 Å². The van der Waals surface area contributed by atoms with E-state index in [9.17, 15) is 0 Å². The van der Waals surface area contributed by atoms with Gasteiger partial charge in [0, 0.05) is 18.2 Å². The zero-order chi connectivity index (χ0) is 13.0. The van der Waals surface area contributed by atoms with Crippen molar-refractivity contribution < 1.29 is 9.47 Å². The smallest absolute Gasteiger partial charge is 0.129 e. The lowest BCUT2D eigenvalue weighted by molar-refractivity contribution is 0.0665. The highest BCUT2D eigenvalue weighted by molar-refractivity contribution is 5.93. The van der Waals surface area contributed by atoms with Crippen molar-refractivity contribution in [1.29, 1.82) is 0 Å². The maximum Gasteiger partial charge on any atom is 0.129 e. The normalized spacial score (nSPS) is 12.6. The largest absolute Gasteiger partial charge is 0.488 e. The molecule has 1 heterocycles. The first-order valence-electron chi connectivity index (χ1n) is 6.10. The molecule has 2 N–H and O–H groups in total. The highest BCUT2D eigenvalue weighted by atomic mass is 16.5. The van der Waals surface area contributed by atoms with Crippen LogP contribution in [0.3, 0.4) is 0 Å². The summed E-state index contributed by atoms with van der Waals surface area (Å²) in [4.78, 5) is 4.27. The number of nitrogens with zero attached hydrogens (tertiary/aromatic N) is 1. The number of benzene rings is 1. The number of hydrogen-bond donors (Lipinski definition) is 1. The number of pyridine rings is 1. The number of anilines is 1. The second-order valence-electron chi connectivity index (χ2n) is 4.14. The Morgan fingerprint density at radius 3 is 2.94 bits per heavy atom. The highest BCUT2D eigenvalue weighted by Gasteiger charge is 2.09. The molecule has 1 unspecified atom stereocenters. The number of nitrogen functional groups attached to an aromatic ring is 1. The zero-order valence-electron chi connectivity index (χ0n) is 10.7. The number of fused-ring (bicyclic) bond motifs is 1. The van der Waals surface area contributed by atoms with Crippen LogP contribution in [0.2, 0.25) is 0 Å². The van der Waals surface area contributed by atoms with Crippen LogP contribution >= 0.6 is 0 Å². The summed E-state index contributed by atoms with van der Waals surface area (Å²) in [5.74, 6) is 0.791. The fraction of sp³-hybridized carbons (Fsp3) is 0.357. The predicted molar refractivity (Wildman–Crippen MR) is 72.7 cm³/mol. The number of rotatable bonds is 5. The topological polar surface area (TPSA) is 57.4 Å². The minimum atomic E-state index is -0.00280. The third-order valence-corrected chi connectivity index (χ3v) is 2.65. The SMILES string of the molecule is CCOCC(C)Oc1ccc(N)c2ncccc12. The van der Waals surface area contributed by atoms with Crippen LogP contribution in [0, 0.1) is 0 Å². The van der Waals surface area contributed by atoms with Gasteiger partial charge in [0.1, 0.15) is 11.9 Å². The number of nitrogens with two attached hydrogens (primary N) is 1. The van der Waals surface area contributed by atoms with E-state index in [4.69, 9.17) is 15.2 Å². The summed E-state index contributed by atoms with van der Waals surface area (Å²) in [5, 5.41) is 0.931. The molecule has 2 aromatic rings. The van der Waals surface area contributed by atoms with Crippen molar-refractivity contribution >= 4 is 16.6 Å². The molecule has 4 heteroatoms. The molecule has 2 rings (SSSR count). The van der Waals surface area contributed by atoms with Gasteiger partial charge in [0.2, 0.25) is 0 Å². The third-order valence-electron chi connectivity index (χ3n) is 2.65. The Hall–Kier alpha value is -1.81. The lowest BCUT2D eigenvalue weighted by atomic mass is 10.1. The Balaban J connectivity index is 2.26. The van der Waals surface area contributed by atoms with E-state index in [0.717, 1.165) is 16.7 Å². The standard InChI is InChI=1S/C14H18N2O2/c1-3-17-9-10(2)18-13-7-6-12(15)14-11(13)5-4-8-16-14/h4-8,10H,3,9,15H2,1-2H3. The van der Waals surface area contributed by atoms with Crippen molar-refractivity contribution in [2.45, 2.75) is 20.0 Å². The third kappa shape index (κ3) is 2.71. The van der Waals surface area contributed by atoms with Gasteiger partial charge in [-0.05, 0) is 38.1 Å². The van der Waals surface area contributed by atoms with Crippen LogP contribution in [-0.4, -0.2) is 24.3 Å². The van der Waals surface area contributed by atoms with Crippen LogP contribution in [-0.2, 0) is 4.74 Å². The van der Waals surface area contributed by atoms with E-state index in [1.807, 2.05) is 38.1 Å². The molecule has 0 aliphatic rings. The lowest BCUT2D eigenvalue weighted by Gasteiger charge is -2.16. The van der Waals surface area contributed by atoms with Crippen molar-refractivity contribution in [2.24, 2.45) is 0 Å². The summed E-state index contributed by atoms with van der Waals surface area (Å²) in [6.07, 6.45) is 1.73. The van der Waals surface area contributed by atoms with Gasteiger partial charge < -0.3 is 15.2 Å². The van der Waals surface area contributed by atoms with E-state index >= 15 is 0 Å². The summed E-state index contributed by atoms with van der Waals surface area (Å²) in [7, 11) is 0. The molecule has 0 saturated carbocycles. The molecule has 0 radical (unpaired) electrons. The second-order valence-corrected chi connectivity index (χ2v) is 4.14. The molecule has 0 fully saturated rings. The van der Waals surface area contributed by atoms with Gasteiger partial charge in [-0.3, -0.25) is 4.98 Å². The van der Waals surface area contributed by atoms with Crippen molar-refractivity contribution in [2.75, 3.05) is 18.9 Å². The Morgan fingerprint density at radius 1 is 1.33 bits per heavy atom. The first kappa shape index (κ1) is 12.6. The molecule has 96 valence electrons. The predicted octanol–water partition coefficient (Wildman–Crippen LogP) is 2.62. The van der Waals surface area contributed by atoms with Gasteiger partial charge in [-0.2, -0.15) is 0 Å². The Bertz CT molecular complexity index is 528. The highest BCUT2D eigenvalue weighted by Crippen LogP contribution is 2.28. The average Bonchev–Trinajstić information content (AvgIpc) is 2.40. The van der Waals surface area contributed by atoms with Crippen LogP contribution in [0.1, 0.15) is 13.8 Å². The Labute approximate surface area is 107 Å². The van der Waals surface area contributed by atoms with E-state index in [0.29, 0.717) is 18.9 Å². The quantitative estimate of drug-likeness (QED) is 0.824. The summed E-state index contributed by atoms with van der Waals surface area (Å²) >= 11 is 0. The molecule has 0 aliphatic heterocycles. The van der Waals surface area contributed by atoms with Gasteiger partial charge in [-0.25, -0.2) is 0 Å². The Kier molecular flexibility index (Phi) is 3.99. The molecule has 0 spiro atoms. The molecule has 0 bridgehead atoms. The molecule has 0 aliphatic carbocycles. The minimum Gasteiger partial charge on any atom is -0.488 e. The summed E-state index contributed by atoms with van der Waals surface area (Å²) in [5.41, 5.74) is 7.33. The van der Waals surface area contributed by atoms with E-state index in [2.05, 4.69) is 4.98 Å². The number of hydrogen-bond acceptors (Lipinski definition) is 4. The maximum absolute atomic E-state index is 5.89. The van der Waals surface area contributed by atoms with Crippen molar-refractivity contribution in [1.82, 2.24) is 4.98 Å². The second kappa shape index (κ2) is 5.69. The van der Waals surface area contributed by atoms with Crippen molar-refractivity contribution in [3.05, 3.63) is 30.5 Å². The van der Waals surface area contributed by atoms with Crippen LogP contribution in [0.15, 0.2) is 30.5 Å². The van der Waals surface area contributed by atoms with Crippen LogP contribution in [0.25, 0.3) is 10.9 Å². The van der Waals surface area contributed by atoms with Crippen LogP contribution in [0.4, 0.5) is 5.69 Å². The number of ether oxygens (including phenoxy) is 2. The van der Waals surface area contributed by atoms with Gasteiger partial charge in [-0.1, -0.05) is 0 Å². The van der Waals surface area contributed by atoms with Gasteiger partial charge in [0.25, 0.3) is 0 Å². The molecule has 18 heavy (non-hydrogen) atoms. The monoisotopic (exact) mass is 246 g/mol.